The minimum Gasteiger partial charge on any atom is -0.423 e. The maximum Gasteiger partial charge on any atom is 0.489 e. The van der Waals surface area contributed by atoms with Crippen LogP contribution in [0.4, 0.5) is 13.2 Å². The van der Waals surface area contributed by atoms with Crippen molar-refractivity contribution >= 4 is 25.2 Å². The van der Waals surface area contributed by atoms with Gasteiger partial charge in [-0.1, -0.05) is 30.3 Å². The SMILES string of the molecule is OB(O)c1cccc(Cc2ccc(C(F)(F)F)cc2)c1S. The number of hydrogen-bond acceptors (Lipinski definition) is 3. The first-order valence-electron chi connectivity index (χ1n) is 6.12. The quantitative estimate of drug-likeness (QED) is 0.601. The van der Waals surface area contributed by atoms with Crippen molar-refractivity contribution in [3.05, 3.63) is 59.2 Å². The van der Waals surface area contributed by atoms with Crippen molar-refractivity contribution in [2.75, 3.05) is 0 Å². The van der Waals surface area contributed by atoms with Crippen LogP contribution in [0.15, 0.2) is 47.4 Å². The first kappa shape index (κ1) is 15.9. The summed E-state index contributed by atoms with van der Waals surface area (Å²) >= 11 is 4.25. The predicted octanol–water partition coefficient (Wildman–Crippen LogP) is 2.26. The molecule has 0 aromatic heterocycles. The van der Waals surface area contributed by atoms with Crippen LogP contribution in [0.5, 0.6) is 0 Å². The zero-order chi connectivity index (χ0) is 15.6. The molecule has 0 amide bonds. The molecule has 2 aromatic carbocycles. The molecule has 0 radical (unpaired) electrons. The van der Waals surface area contributed by atoms with Crippen molar-refractivity contribution < 1.29 is 23.2 Å². The second-order valence-corrected chi connectivity index (χ2v) is 5.05. The fraction of sp³-hybridized carbons (Fsp3) is 0.143. The largest absolute Gasteiger partial charge is 0.489 e. The Labute approximate surface area is 125 Å². The third-order valence-electron chi connectivity index (χ3n) is 3.10. The molecule has 0 fully saturated rings. The number of halogens is 3. The Hall–Kier alpha value is -1.44. The van der Waals surface area contributed by atoms with Crippen LogP contribution in [-0.2, 0) is 12.6 Å². The summed E-state index contributed by atoms with van der Waals surface area (Å²) in [5.74, 6) is 0. The average molecular weight is 312 g/mol. The minimum absolute atomic E-state index is 0.266. The van der Waals surface area contributed by atoms with Crippen LogP contribution < -0.4 is 5.46 Å². The lowest BCUT2D eigenvalue weighted by Crippen LogP contribution is -2.31. The molecule has 2 N–H and O–H groups in total. The molecule has 110 valence electrons. The van der Waals surface area contributed by atoms with E-state index in [1.807, 2.05) is 0 Å². The highest BCUT2D eigenvalue weighted by Gasteiger charge is 2.29. The second kappa shape index (κ2) is 6.13. The fourth-order valence-electron chi connectivity index (χ4n) is 1.99. The molecular formula is C14H12BF3O2S. The van der Waals surface area contributed by atoms with Gasteiger partial charge in [0.15, 0.2) is 0 Å². The minimum atomic E-state index is -4.35. The Kier molecular flexibility index (Phi) is 4.66. The van der Waals surface area contributed by atoms with E-state index in [1.165, 1.54) is 18.2 Å². The smallest absolute Gasteiger partial charge is 0.423 e. The maximum absolute atomic E-state index is 12.5. The number of benzene rings is 2. The molecule has 2 aromatic rings. The zero-order valence-electron chi connectivity index (χ0n) is 10.8. The maximum atomic E-state index is 12.5. The van der Waals surface area contributed by atoms with Gasteiger partial charge in [0.25, 0.3) is 0 Å². The van der Waals surface area contributed by atoms with E-state index >= 15 is 0 Å². The van der Waals surface area contributed by atoms with Crippen LogP contribution in [0.2, 0.25) is 0 Å². The first-order chi connectivity index (χ1) is 9.79. The topological polar surface area (TPSA) is 40.5 Å². The Morgan fingerprint density at radius 3 is 2.14 bits per heavy atom. The van der Waals surface area contributed by atoms with Crippen molar-refractivity contribution in [1.82, 2.24) is 0 Å². The van der Waals surface area contributed by atoms with E-state index in [9.17, 15) is 23.2 Å². The highest BCUT2D eigenvalue weighted by atomic mass is 32.1. The zero-order valence-corrected chi connectivity index (χ0v) is 11.7. The summed E-state index contributed by atoms with van der Waals surface area (Å²) in [6, 6.07) is 9.77. The lowest BCUT2D eigenvalue weighted by molar-refractivity contribution is -0.137. The predicted molar refractivity (Wildman–Crippen MR) is 77.8 cm³/mol. The van der Waals surface area contributed by atoms with Gasteiger partial charge >= 0.3 is 13.3 Å². The van der Waals surface area contributed by atoms with E-state index in [0.29, 0.717) is 22.4 Å². The average Bonchev–Trinajstić information content (AvgIpc) is 2.40. The Balaban J connectivity index is 2.25. The van der Waals surface area contributed by atoms with Crippen LogP contribution in [0.25, 0.3) is 0 Å². The molecule has 21 heavy (non-hydrogen) atoms. The van der Waals surface area contributed by atoms with Crippen molar-refractivity contribution in [2.24, 2.45) is 0 Å². The van der Waals surface area contributed by atoms with E-state index in [2.05, 4.69) is 12.6 Å². The van der Waals surface area contributed by atoms with E-state index in [4.69, 9.17) is 0 Å². The van der Waals surface area contributed by atoms with Gasteiger partial charge in [0.2, 0.25) is 0 Å². The Bertz CT molecular complexity index is 627. The van der Waals surface area contributed by atoms with Gasteiger partial charge in [-0.2, -0.15) is 13.2 Å². The fourth-order valence-corrected chi connectivity index (χ4v) is 2.34. The van der Waals surface area contributed by atoms with E-state index < -0.39 is 18.9 Å². The molecule has 7 heteroatoms. The van der Waals surface area contributed by atoms with Gasteiger partial charge in [0.05, 0.1) is 5.56 Å². The molecule has 0 bridgehead atoms. The summed E-state index contributed by atoms with van der Waals surface area (Å²) in [5, 5.41) is 18.4. The standard InChI is InChI=1S/C14H12BF3O2S/c16-14(17,18)11-6-4-9(5-7-11)8-10-2-1-3-12(13(10)21)15(19)20/h1-7,19-21H,8H2. The highest BCUT2D eigenvalue weighted by molar-refractivity contribution is 7.80. The molecule has 0 atom stereocenters. The molecule has 0 aliphatic rings. The number of rotatable bonds is 3. The molecular weight excluding hydrogens is 300 g/mol. The van der Waals surface area contributed by atoms with Crippen molar-refractivity contribution in [3.63, 3.8) is 0 Å². The summed E-state index contributed by atoms with van der Waals surface area (Å²) < 4.78 is 37.5. The van der Waals surface area contributed by atoms with Crippen molar-refractivity contribution in [2.45, 2.75) is 17.5 Å². The van der Waals surface area contributed by atoms with Crippen LogP contribution in [0, 0.1) is 0 Å². The molecule has 0 spiro atoms. The number of hydrogen-bond donors (Lipinski definition) is 3. The van der Waals surface area contributed by atoms with Gasteiger partial charge in [-0.3, -0.25) is 0 Å². The lowest BCUT2D eigenvalue weighted by Gasteiger charge is -2.11. The van der Waals surface area contributed by atoms with Gasteiger partial charge in [-0.15, -0.1) is 12.6 Å². The van der Waals surface area contributed by atoms with Gasteiger partial charge in [-0.25, -0.2) is 0 Å². The van der Waals surface area contributed by atoms with Gasteiger partial charge in [0, 0.05) is 4.90 Å². The molecule has 0 heterocycles. The highest BCUT2D eigenvalue weighted by Crippen LogP contribution is 2.29. The van der Waals surface area contributed by atoms with E-state index in [1.54, 1.807) is 12.1 Å². The summed E-state index contributed by atoms with van der Waals surface area (Å²) in [5.41, 5.74) is 0.964. The van der Waals surface area contributed by atoms with Gasteiger partial charge in [-0.05, 0) is 35.1 Å². The van der Waals surface area contributed by atoms with Gasteiger partial charge in [0.1, 0.15) is 0 Å². The Morgan fingerprint density at radius 2 is 1.62 bits per heavy atom. The first-order valence-corrected chi connectivity index (χ1v) is 6.57. The van der Waals surface area contributed by atoms with Crippen LogP contribution >= 0.6 is 12.6 Å². The molecule has 0 saturated carbocycles. The molecule has 0 aliphatic heterocycles. The summed E-state index contributed by atoms with van der Waals surface area (Å²) in [7, 11) is -1.63. The second-order valence-electron chi connectivity index (χ2n) is 4.60. The molecule has 2 rings (SSSR count). The molecule has 0 unspecified atom stereocenters. The number of thiol groups is 1. The normalized spacial score (nSPS) is 11.5. The third-order valence-corrected chi connectivity index (χ3v) is 3.65. The third kappa shape index (κ3) is 3.81. The molecule has 0 saturated heterocycles. The van der Waals surface area contributed by atoms with Crippen molar-refractivity contribution in [1.29, 1.82) is 0 Å². The van der Waals surface area contributed by atoms with Crippen LogP contribution in [0.1, 0.15) is 16.7 Å². The molecule has 0 aliphatic carbocycles. The van der Waals surface area contributed by atoms with Crippen LogP contribution in [-0.4, -0.2) is 17.2 Å². The van der Waals surface area contributed by atoms with Crippen molar-refractivity contribution in [3.8, 4) is 0 Å². The number of alkyl halides is 3. The summed E-state index contributed by atoms with van der Waals surface area (Å²) in [4.78, 5) is 0.424. The molecule has 2 nitrogen and oxygen atoms in total. The van der Waals surface area contributed by atoms with E-state index in [-0.39, 0.29) is 5.46 Å². The summed E-state index contributed by atoms with van der Waals surface area (Å²) in [6.45, 7) is 0. The van der Waals surface area contributed by atoms with E-state index in [0.717, 1.165) is 12.1 Å². The lowest BCUT2D eigenvalue weighted by atomic mass is 9.79. The monoisotopic (exact) mass is 312 g/mol. The Morgan fingerprint density at radius 1 is 1.00 bits per heavy atom. The van der Waals surface area contributed by atoms with Crippen LogP contribution in [0.3, 0.4) is 0 Å². The summed E-state index contributed by atoms with van der Waals surface area (Å²) in [6.07, 6.45) is -3.99. The van der Waals surface area contributed by atoms with Gasteiger partial charge < -0.3 is 10.0 Å².